The minimum Gasteiger partial charge on any atom is -0.393 e. The van der Waals surface area contributed by atoms with Crippen LogP contribution < -0.4 is 0 Å². The van der Waals surface area contributed by atoms with E-state index in [4.69, 9.17) is 0 Å². The van der Waals surface area contributed by atoms with Crippen molar-refractivity contribution in [3.63, 3.8) is 0 Å². The van der Waals surface area contributed by atoms with E-state index in [-0.39, 0.29) is 11.5 Å². The molecule has 4 aliphatic carbocycles. The van der Waals surface area contributed by atoms with Gasteiger partial charge in [-0.25, -0.2) is 0 Å². The van der Waals surface area contributed by atoms with Crippen LogP contribution in [0.25, 0.3) is 0 Å². The van der Waals surface area contributed by atoms with E-state index >= 15 is 0 Å². The molecule has 8 unspecified atom stereocenters. The molecule has 0 amide bonds. The Morgan fingerprint density at radius 2 is 1.83 bits per heavy atom. The fourth-order valence-electron chi connectivity index (χ4n) is 8.50. The molecule has 30 heavy (non-hydrogen) atoms. The highest BCUT2D eigenvalue weighted by Gasteiger charge is 2.59. The molecule has 0 aromatic heterocycles. The molecule has 0 spiro atoms. The van der Waals surface area contributed by atoms with Gasteiger partial charge in [-0.15, -0.1) is 0 Å². The normalized spacial score (nSPS) is 43.3. The van der Waals surface area contributed by atoms with Crippen molar-refractivity contribution < 1.29 is 15.0 Å². The van der Waals surface area contributed by atoms with Crippen LogP contribution in [0.1, 0.15) is 98.8 Å². The molecule has 0 bridgehead atoms. The standard InChI is InChI=1S/C27H44O3/c1-17(24(29)12-13-25(2,3)30)21-8-9-22-20-7-6-18-16-19(28)10-14-26(18,4)23(20)11-15-27(21,22)5/h16-17,20-24,29-30H,6-15H2,1-5H3. The third-order valence-electron chi connectivity index (χ3n) is 10.3. The first kappa shape index (κ1) is 22.5. The van der Waals surface area contributed by atoms with E-state index in [9.17, 15) is 15.0 Å². The highest BCUT2D eigenvalue weighted by Crippen LogP contribution is 2.67. The summed E-state index contributed by atoms with van der Waals surface area (Å²) < 4.78 is 0. The molecule has 3 fully saturated rings. The Bertz CT molecular complexity index is 703. The Balaban J connectivity index is 1.50. The Kier molecular flexibility index (Phi) is 5.80. The van der Waals surface area contributed by atoms with Crippen LogP contribution in [-0.4, -0.2) is 27.7 Å². The number of fused-ring (bicyclic) bond motifs is 5. The molecule has 3 saturated carbocycles. The molecule has 0 aromatic rings. The number of aliphatic hydroxyl groups excluding tert-OH is 1. The van der Waals surface area contributed by atoms with Crippen LogP contribution in [0.4, 0.5) is 0 Å². The maximum Gasteiger partial charge on any atom is 0.155 e. The lowest BCUT2D eigenvalue weighted by Gasteiger charge is -2.58. The van der Waals surface area contributed by atoms with E-state index in [1.165, 1.54) is 37.7 Å². The molecule has 0 radical (unpaired) electrons. The molecule has 8 atom stereocenters. The van der Waals surface area contributed by atoms with Gasteiger partial charge in [0.2, 0.25) is 0 Å². The lowest BCUT2D eigenvalue weighted by molar-refractivity contribution is -0.117. The molecular formula is C27H44O3. The van der Waals surface area contributed by atoms with Gasteiger partial charge in [0.1, 0.15) is 0 Å². The largest absolute Gasteiger partial charge is 0.393 e. The maximum absolute atomic E-state index is 12.0. The molecule has 0 aliphatic heterocycles. The minimum atomic E-state index is -0.703. The van der Waals surface area contributed by atoms with Crippen molar-refractivity contribution in [3.8, 4) is 0 Å². The molecule has 3 heteroatoms. The number of allylic oxidation sites excluding steroid dienone is 1. The zero-order valence-electron chi connectivity index (χ0n) is 19.9. The Hall–Kier alpha value is -0.670. The Morgan fingerprint density at radius 3 is 2.53 bits per heavy atom. The summed E-state index contributed by atoms with van der Waals surface area (Å²) in [6.07, 6.45) is 12.3. The van der Waals surface area contributed by atoms with E-state index < -0.39 is 5.60 Å². The molecule has 170 valence electrons. The molecule has 4 rings (SSSR count). The summed E-state index contributed by atoms with van der Waals surface area (Å²) in [6.45, 7) is 10.9. The first-order valence-corrected chi connectivity index (χ1v) is 12.6. The number of carbonyl (C=O) groups is 1. The maximum atomic E-state index is 12.0. The monoisotopic (exact) mass is 416 g/mol. The van der Waals surface area contributed by atoms with E-state index in [0.29, 0.717) is 35.9 Å². The third kappa shape index (κ3) is 3.72. The van der Waals surface area contributed by atoms with Gasteiger partial charge in [0, 0.05) is 6.42 Å². The van der Waals surface area contributed by atoms with Crippen LogP contribution in [0.2, 0.25) is 0 Å². The van der Waals surface area contributed by atoms with Gasteiger partial charge in [0.05, 0.1) is 11.7 Å². The van der Waals surface area contributed by atoms with Crippen molar-refractivity contribution in [1.82, 2.24) is 0 Å². The number of hydrogen-bond donors (Lipinski definition) is 2. The molecule has 4 aliphatic rings. The van der Waals surface area contributed by atoms with Crippen LogP contribution >= 0.6 is 0 Å². The highest BCUT2D eigenvalue weighted by atomic mass is 16.3. The van der Waals surface area contributed by atoms with Crippen LogP contribution in [0.3, 0.4) is 0 Å². The van der Waals surface area contributed by atoms with Crippen LogP contribution in [0, 0.1) is 40.4 Å². The van der Waals surface area contributed by atoms with Gasteiger partial charge in [0.25, 0.3) is 0 Å². The minimum absolute atomic E-state index is 0.244. The number of rotatable bonds is 5. The van der Waals surface area contributed by atoms with Crippen molar-refractivity contribution in [2.45, 2.75) is 111 Å². The summed E-state index contributed by atoms with van der Waals surface area (Å²) >= 11 is 0. The number of hydrogen-bond acceptors (Lipinski definition) is 3. The van der Waals surface area contributed by atoms with Gasteiger partial charge in [-0.1, -0.05) is 26.3 Å². The zero-order valence-corrected chi connectivity index (χ0v) is 19.9. The molecule has 0 heterocycles. The van der Waals surface area contributed by atoms with Gasteiger partial charge in [-0.3, -0.25) is 4.79 Å². The predicted octanol–water partition coefficient (Wildman–Crippen LogP) is 5.68. The number of carbonyl (C=O) groups excluding carboxylic acids is 1. The lowest BCUT2D eigenvalue weighted by Crippen LogP contribution is -2.51. The van der Waals surface area contributed by atoms with Crippen molar-refractivity contribution >= 4 is 5.78 Å². The van der Waals surface area contributed by atoms with Crippen molar-refractivity contribution in [2.24, 2.45) is 40.4 Å². The van der Waals surface area contributed by atoms with Crippen LogP contribution in [0.15, 0.2) is 11.6 Å². The molecule has 3 nitrogen and oxygen atoms in total. The summed E-state index contributed by atoms with van der Waals surface area (Å²) in [4.78, 5) is 12.0. The molecule has 2 N–H and O–H groups in total. The van der Waals surface area contributed by atoms with Gasteiger partial charge in [-0.2, -0.15) is 0 Å². The van der Waals surface area contributed by atoms with Gasteiger partial charge in [0.15, 0.2) is 5.78 Å². The lowest BCUT2D eigenvalue weighted by atomic mass is 9.46. The summed E-state index contributed by atoms with van der Waals surface area (Å²) in [7, 11) is 0. The first-order valence-electron chi connectivity index (χ1n) is 12.6. The summed E-state index contributed by atoms with van der Waals surface area (Å²) in [5.41, 5.74) is 1.32. The topological polar surface area (TPSA) is 57.5 Å². The second-order valence-electron chi connectivity index (χ2n) is 12.5. The van der Waals surface area contributed by atoms with Crippen molar-refractivity contribution in [3.05, 3.63) is 11.6 Å². The molecular weight excluding hydrogens is 372 g/mol. The van der Waals surface area contributed by atoms with E-state index in [2.05, 4.69) is 20.8 Å². The van der Waals surface area contributed by atoms with Crippen LogP contribution in [0.5, 0.6) is 0 Å². The predicted molar refractivity (Wildman–Crippen MR) is 121 cm³/mol. The smallest absolute Gasteiger partial charge is 0.155 e. The second-order valence-corrected chi connectivity index (χ2v) is 12.5. The SMILES string of the molecule is CC(C(O)CCC(C)(C)O)C1CCC2C3CCC4=CC(=O)CCC4(C)C3CCC12C. The second kappa shape index (κ2) is 7.73. The Labute approximate surface area is 183 Å². The molecule has 0 saturated heterocycles. The third-order valence-corrected chi connectivity index (χ3v) is 10.3. The van der Waals surface area contributed by atoms with E-state index in [0.717, 1.165) is 37.0 Å². The average molecular weight is 417 g/mol. The van der Waals surface area contributed by atoms with Crippen LogP contribution in [-0.2, 0) is 4.79 Å². The summed E-state index contributed by atoms with van der Waals surface area (Å²) in [6, 6.07) is 0. The van der Waals surface area contributed by atoms with Gasteiger partial charge in [-0.05, 0) is 118 Å². The highest BCUT2D eigenvalue weighted by molar-refractivity contribution is 5.91. The summed E-state index contributed by atoms with van der Waals surface area (Å²) in [5, 5.41) is 21.0. The first-order chi connectivity index (χ1) is 14.0. The van der Waals surface area contributed by atoms with Crippen molar-refractivity contribution in [2.75, 3.05) is 0 Å². The molecule has 0 aromatic carbocycles. The van der Waals surface area contributed by atoms with Gasteiger partial charge < -0.3 is 10.2 Å². The summed E-state index contributed by atoms with van der Waals surface area (Å²) in [5.74, 6) is 3.50. The van der Waals surface area contributed by atoms with Gasteiger partial charge >= 0.3 is 0 Å². The van der Waals surface area contributed by atoms with E-state index in [1.807, 2.05) is 19.9 Å². The van der Waals surface area contributed by atoms with Crippen molar-refractivity contribution in [1.29, 1.82) is 0 Å². The zero-order chi connectivity index (χ0) is 21.9. The van der Waals surface area contributed by atoms with E-state index in [1.54, 1.807) is 0 Å². The Morgan fingerprint density at radius 1 is 1.10 bits per heavy atom. The quantitative estimate of drug-likeness (QED) is 0.606. The fraction of sp³-hybridized carbons (Fsp3) is 0.889. The number of ketones is 1. The fourth-order valence-corrected chi connectivity index (χ4v) is 8.50. The number of aliphatic hydroxyl groups is 2. The average Bonchev–Trinajstić information content (AvgIpc) is 3.02.